The molecule has 0 bridgehead atoms. The van der Waals surface area contributed by atoms with Crippen molar-refractivity contribution in [2.24, 2.45) is 23.2 Å². The monoisotopic (exact) mass is 492 g/mol. The first kappa shape index (κ1) is 26.1. The molecule has 4 aliphatic rings. The van der Waals surface area contributed by atoms with E-state index in [4.69, 9.17) is 0 Å². The Hall–Kier alpha value is -0.990. The number of fused-ring (bicyclic) bond motifs is 1. The number of nitrogens with zero attached hydrogens (tertiary/aromatic N) is 2. The van der Waals surface area contributed by atoms with E-state index in [9.17, 15) is 18.6 Å². The van der Waals surface area contributed by atoms with Crippen molar-refractivity contribution in [3.63, 3.8) is 0 Å². The molecule has 0 aromatic carbocycles. The van der Waals surface area contributed by atoms with Crippen LogP contribution in [0.1, 0.15) is 58.8 Å². The van der Waals surface area contributed by atoms with Gasteiger partial charge < -0.3 is 15.1 Å². The molecule has 0 unspecified atom stereocenters. The smallest absolute Gasteiger partial charge is 0.211 e. The van der Waals surface area contributed by atoms with Crippen molar-refractivity contribution in [3.8, 4) is 0 Å². The van der Waals surface area contributed by atoms with Gasteiger partial charge in [0.1, 0.15) is 0 Å². The van der Waals surface area contributed by atoms with E-state index in [1.807, 2.05) is 0 Å². The van der Waals surface area contributed by atoms with Crippen LogP contribution in [-0.4, -0.2) is 79.0 Å². The highest BCUT2D eigenvalue weighted by molar-refractivity contribution is 7.88. The van der Waals surface area contributed by atoms with Gasteiger partial charge >= 0.3 is 0 Å². The van der Waals surface area contributed by atoms with Gasteiger partial charge in [-0.1, -0.05) is 38.2 Å². The Morgan fingerprint density at radius 2 is 1.88 bits per heavy atom. The lowest BCUT2D eigenvalue weighted by molar-refractivity contribution is 0.0699. The molecule has 6 atom stereocenters. The van der Waals surface area contributed by atoms with E-state index in [1.54, 1.807) is 4.31 Å². The van der Waals surface area contributed by atoms with Crippen LogP contribution in [0.2, 0.25) is 0 Å². The summed E-state index contributed by atoms with van der Waals surface area (Å²) in [6.45, 7) is 12.9. The van der Waals surface area contributed by atoms with E-state index in [1.165, 1.54) is 37.5 Å². The van der Waals surface area contributed by atoms with Crippen LogP contribution in [0.25, 0.3) is 0 Å². The van der Waals surface area contributed by atoms with E-state index in [0.29, 0.717) is 49.1 Å². The van der Waals surface area contributed by atoms with Gasteiger partial charge in [0.15, 0.2) is 0 Å². The maximum Gasteiger partial charge on any atom is 0.211 e. The molecule has 4 fully saturated rings. The minimum atomic E-state index is -3.09. The fourth-order valence-electron chi connectivity index (χ4n) is 7.46. The Morgan fingerprint density at radius 3 is 2.56 bits per heavy atom. The molecule has 0 aromatic heterocycles. The predicted octanol–water partition coefficient (Wildman–Crippen LogP) is 3.34. The Labute approximate surface area is 206 Å². The summed E-state index contributed by atoms with van der Waals surface area (Å²) < 4.78 is 25.3. The van der Waals surface area contributed by atoms with Crippen LogP contribution in [0.15, 0.2) is 35.5 Å². The predicted molar refractivity (Wildman–Crippen MR) is 137 cm³/mol. The second-order valence-corrected chi connectivity index (χ2v) is 13.6. The largest absolute Gasteiger partial charge is 0.393 e. The molecule has 6 nitrogen and oxygen atoms in total. The normalized spacial score (nSPS) is 39.5. The first-order chi connectivity index (χ1) is 16.0. The summed E-state index contributed by atoms with van der Waals surface area (Å²) in [6, 6.07) is 0. The van der Waals surface area contributed by atoms with E-state index in [0.717, 1.165) is 37.2 Å². The first-order valence-corrected chi connectivity index (χ1v) is 15.0. The van der Waals surface area contributed by atoms with Crippen molar-refractivity contribution in [2.75, 3.05) is 39.0 Å². The highest BCUT2D eigenvalue weighted by Gasteiger charge is 2.50. The summed E-state index contributed by atoms with van der Waals surface area (Å²) in [4.78, 5) is 2.46. The number of piperazine rings is 1. The summed E-state index contributed by atoms with van der Waals surface area (Å²) in [5, 5.41) is 20.3. The quantitative estimate of drug-likeness (QED) is 0.615. The SMILES string of the molecule is C=C1/C(=C/C=C2\CCC[C@]3(C)[C@@H]([C@@H](C)CN4CCN(S(C)(=O)=O)CC4)CC[C@@H]23)C[C@@H](O)C[C@@H]1O. The molecule has 7 heteroatoms. The lowest BCUT2D eigenvalue weighted by Crippen LogP contribution is -2.50. The van der Waals surface area contributed by atoms with E-state index < -0.39 is 22.2 Å². The third kappa shape index (κ3) is 5.39. The number of allylic oxidation sites excluding steroid dienone is 3. The van der Waals surface area contributed by atoms with E-state index >= 15 is 0 Å². The Morgan fingerprint density at radius 1 is 1.18 bits per heavy atom. The summed E-state index contributed by atoms with van der Waals surface area (Å²) in [7, 11) is -3.09. The second-order valence-electron chi connectivity index (χ2n) is 11.6. The molecular formula is C27H44N2O4S. The van der Waals surface area contributed by atoms with Gasteiger partial charge in [-0.3, -0.25) is 0 Å². The molecule has 0 spiro atoms. The first-order valence-electron chi connectivity index (χ1n) is 13.1. The number of sulfonamides is 1. The van der Waals surface area contributed by atoms with Crippen LogP contribution >= 0.6 is 0 Å². The van der Waals surface area contributed by atoms with Gasteiger partial charge in [-0.15, -0.1) is 0 Å². The van der Waals surface area contributed by atoms with Crippen LogP contribution in [0.3, 0.4) is 0 Å². The summed E-state index contributed by atoms with van der Waals surface area (Å²) in [5.74, 6) is 1.86. The third-order valence-corrected chi connectivity index (χ3v) is 10.6. The van der Waals surface area contributed by atoms with Crippen LogP contribution < -0.4 is 0 Å². The Bertz CT molecular complexity index is 934. The van der Waals surface area contributed by atoms with Crippen LogP contribution in [0.5, 0.6) is 0 Å². The molecule has 3 saturated carbocycles. The summed E-state index contributed by atoms with van der Waals surface area (Å²) >= 11 is 0. The molecule has 2 N–H and O–H groups in total. The zero-order valence-electron chi connectivity index (χ0n) is 21.2. The molecular weight excluding hydrogens is 448 g/mol. The van der Waals surface area contributed by atoms with Crippen molar-refractivity contribution in [2.45, 2.75) is 71.0 Å². The average molecular weight is 493 g/mol. The van der Waals surface area contributed by atoms with Crippen LogP contribution in [0, 0.1) is 23.2 Å². The van der Waals surface area contributed by atoms with Crippen LogP contribution in [-0.2, 0) is 10.0 Å². The average Bonchev–Trinajstić information content (AvgIpc) is 3.12. The van der Waals surface area contributed by atoms with Gasteiger partial charge in [0.2, 0.25) is 10.0 Å². The lowest BCUT2D eigenvalue weighted by atomic mass is 9.61. The molecule has 0 radical (unpaired) electrons. The minimum absolute atomic E-state index is 0.305. The molecule has 192 valence electrons. The van der Waals surface area contributed by atoms with Gasteiger partial charge in [-0.2, -0.15) is 4.31 Å². The van der Waals surface area contributed by atoms with E-state index in [-0.39, 0.29) is 0 Å². The highest BCUT2D eigenvalue weighted by atomic mass is 32.2. The van der Waals surface area contributed by atoms with Gasteiger partial charge in [-0.25, -0.2) is 8.42 Å². The van der Waals surface area contributed by atoms with Crippen LogP contribution in [0.4, 0.5) is 0 Å². The fourth-order valence-corrected chi connectivity index (χ4v) is 8.28. The van der Waals surface area contributed by atoms with Crippen molar-refractivity contribution in [1.29, 1.82) is 0 Å². The van der Waals surface area contributed by atoms with Crippen molar-refractivity contribution in [1.82, 2.24) is 9.21 Å². The number of aliphatic hydroxyl groups excluding tert-OH is 2. The zero-order chi connectivity index (χ0) is 24.7. The summed E-state index contributed by atoms with van der Waals surface area (Å²) in [5.41, 5.74) is 3.58. The minimum Gasteiger partial charge on any atom is -0.393 e. The van der Waals surface area contributed by atoms with Gasteiger partial charge in [-0.05, 0) is 72.8 Å². The third-order valence-electron chi connectivity index (χ3n) is 9.34. The summed E-state index contributed by atoms with van der Waals surface area (Å²) in [6.07, 6.45) is 11.6. The molecule has 1 heterocycles. The van der Waals surface area contributed by atoms with Gasteiger partial charge in [0.25, 0.3) is 0 Å². The maximum absolute atomic E-state index is 11.8. The number of hydrogen-bond donors (Lipinski definition) is 2. The molecule has 34 heavy (non-hydrogen) atoms. The Balaban J connectivity index is 1.42. The highest BCUT2D eigenvalue weighted by Crippen LogP contribution is 2.59. The number of hydrogen-bond acceptors (Lipinski definition) is 5. The Kier molecular flexibility index (Phi) is 7.80. The maximum atomic E-state index is 11.8. The van der Waals surface area contributed by atoms with Gasteiger partial charge in [0.05, 0.1) is 18.5 Å². The van der Waals surface area contributed by atoms with Gasteiger partial charge in [0, 0.05) is 39.1 Å². The fraction of sp³-hybridized carbons (Fsp3) is 0.778. The lowest BCUT2D eigenvalue weighted by Gasteiger charge is -2.45. The standard InChI is InChI=1S/C27H44N2O4S/c1-19(18-28-12-14-29(15-13-28)34(4,32)33)24-9-10-25-21(6-5-11-27(24,25)3)7-8-22-16-23(30)17-26(31)20(22)2/h7-8,19,23-26,30-31H,2,5-6,9-18H2,1,3-4H3/b21-7+,22-8+/t19-,23+,24+,25-,26-,27+/m0/s1. The molecule has 1 saturated heterocycles. The zero-order valence-corrected chi connectivity index (χ0v) is 22.1. The molecule has 0 aromatic rings. The number of rotatable bonds is 5. The molecule has 3 aliphatic carbocycles. The topological polar surface area (TPSA) is 81.1 Å². The van der Waals surface area contributed by atoms with Crippen molar-refractivity contribution in [3.05, 3.63) is 35.5 Å². The van der Waals surface area contributed by atoms with Crippen molar-refractivity contribution < 1.29 is 18.6 Å². The van der Waals surface area contributed by atoms with E-state index in [2.05, 4.69) is 37.5 Å². The van der Waals surface area contributed by atoms with Crippen molar-refractivity contribution >= 4 is 10.0 Å². The molecule has 4 rings (SSSR count). The number of aliphatic hydroxyl groups is 2. The second kappa shape index (κ2) is 10.2. The molecule has 1 aliphatic heterocycles. The molecule has 0 amide bonds.